The molecule has 1 atom stereocenters. The fourth-order valence-electron chi connectivity index (χ4n) is 2.21. The first-order chi connectivity index (χ1) is 11.1. The van der Waals surface area contributed by atoms with Crippen LogP contribution in [0.15, 0.2) is 60.7 Å². The summed E-state index contributed by atoms with van der Waals surface area (Å²) in [7, 11) is 0. The second-order valence-corrected chi connectivity index (χ2v) is 5.06. The molecule has 0 saturated heterocycles. The number of nitrogens with one attached hydrogen (secondary N) is 1. The van der Waals surface area contributed by atoms with Crippen LogP contribution in [-0.2, 0) is 4.79 Å². The van der Waals surface area contributed by atoms with Gasteiger partial charge in [0.2, 0.25) is 5.91 Å². The summed E-state index contributed by atoms with van der Waals surface area (Å²) < 4.78 is 0. The summed E-state index contributed by atoms with van der Waals surface area (Å²) >= 11 is 0. The zero-order valence-electron chi connectivity index (χ0n) is 12.8. The van der Waals surface area contributed by atoms with Crippen molar-refractivity contribution in [2.75, 3.05) is 0 Å². The Morgan fingerprint density at radius 2 is 1.83 bits per heavy atom. The molecule has 0 saturated carbocycles. The van der Waals surface area contributed by atoms with Crippen molar-refractivity contribution < 1.29 is 9.72 Å². The van der Waals surface area contributed by atoms with Gasteiger partial charge in [0.25, 0.3) is 5.69 Å². The number of nitro groups is 1. The minimum Gasteiger partial charge on any atom is -0.346 e. The molecule has 0 aliphatic carbocycles. The SMILES string of the molecule is CC[C@@H](NC(=O)/C=C/c1ccc([N+](=O)[O-])cc1)c1ccccc1. The van der Waals surface area contributed by atoms with E-state index >= 15 is 0 Å². The van der Waals surface area contributed by atoms with Crippen molar-refractivity contribution in [1.82, 2.24) is 5.32 Å². The van der Waals surface area contributed by atoms with Crippen molar-refractivity contribution in [3.63, 3.8) is 0 Å². The second kappa shape index (κ2) is 7.89. The van der Waals surface area contributed by atoms with Crippen LogP contribution in [0, 0.1) is 10.1 Å². The molecular weight excluding hydrogens is 292 g/mol. The molecular formula is C18H18N2O3. The Morgan fingerprint density at radius 1 is 1.17 bits per heavy atom. The maximum atomic E-state index is 12.0. The predicted molar refractivity (Wildman–Crippen MR) is 89.7 cm³/mol. The van der Waals surface area contributed by atoms with Crippen molar-refractivity contribution in [2.45, 2.75) is 19.4 Å². The Morgan fingerprint density at radius 3 is 2.39 bits per heavy atom. The zero-order chi connectivity index (χ0) is 16.7. The van der Waals surface area contributed by atoms with E-state index in [1.54, 1.807) is 18.2 Å². The summed E-state index contributed by atoms with van der Waals surface area (Å²) in [5.41, 5.74) is 1.83. The Balaban J connectivity index is 1.99. The number of carbonyl (C=O) groups excluding carboxylic acids is 1. The average Bonchev–Trinajstić information content (AvgIpc) is 2.59. The van der Waals surface area contributed by atoms with Crippen LogP contribution in [0.2, 0.25) is 0 Å². The van der Waals surface area contributed by atoms with Crippen LogP contribution in [0.3, 0.4) is 0 Å². The number of hydrogen-bond acceptors (Lipinski definition) is 3. The molecule has 2 rings (SSSR count). The van der Waals surface area contributed by atoms with Crippen LogP contribution in [0.1, 0.15) is 30.5 Å². The number of hydrogen-bond donors (Lipinski definition) is 1. The third-order valence-electron chi connectivity index (χ3n) is 3.46. The van der Waals surface area contributed by atoms with E-state index < -0.39 is 4.92 Å². The molecule has 1 N–H and O–H groups in total. The Kier molecular flexibility index (Phi) is 5.63. The van der Waals surface area contributed by atoms with Gasteiger partial charge in [-0.05, 0) is 35.8 Å². The zero-order valence-corrected chi connectivity index (χ0v) is 12.8. The van der Waals surface area contributed by atoms with E-state index in [2.05, 4.69) is 5.32 Å². The summed E-state index contributed by atoms with van der Waals surface area (Å²) in [6, 6.07) is 15.8. The average molecular weight is 310 g/mol. The quantitative estimate of drug-likeness (QED) is 0.500. The van der Waals surface area contributed by atoms with E-state index in [1.807, 2.05) is 37.3 Å². The van der Waals surface area contributed by atoms with Gasteiger partial charge in [-0.15, -0.1) is 0 Å². The van der Waals surface area contributed by atoms with E-state index in [4.69, 9.17) is 0 Å². The minimum atomic E-state index is -0.452. The maximum Gasteiger partial charge on any atom is 0.269 e. The van der Waals surface area contributed by atoms with Crippen molar-refractivity contribution in [3.8, 4) is 0 Å². The summed E-state index contributed by atoms with van der Waals surface area (Å²) in [5.74, 6) is -0.195. The molecule has 0 spiro atoms. The van der Waals surface area contributed by atoms with Gasteiger partial charge in [-0.2, -0.15) is 0 Å². The summed E-state index contributed by atoms with van der Waals surface area (Å²) in [6.45, 7) is 2.01. The van der Waals surface area contributed by atoms with Crippen molar-refractivity contribution in [2.24, 2.45) is 0 Å². The molecule has 2 aromatic carbocycles. The smallest absolute Gasteiger partial charge is 0.269 e. The summed E-state index contributed by atoms with van der Waals surface area (Å²) in [5, 5.41) is 13.5. The molecule has 2 aromatic rings. The minimum absolute atomic E-state index is 0.0294. The fourth-order valence-corrected chi connectivity index (χ4v) is 2.21. The molecule has 0 aromatic heterocycles. The third kappa shape index (κ3) is 4.78. The van der Waals surface area contributed by atoms with Gasteiger partial charge in [0.1, 0.15) is 0 Å². The molecule has 0 radical (unpaired) electrons. The summed E-state index contributed by atoms with van der Waals surface area (Å²) in [4.78, 5) is 22.2. The van der Waals surface area contributed by atoms with Gasteiger partial charge in [-0.3, -0.25) is 14.9 Å². The second-order valence-electron chi connectivity index (χ2n) is 5.06. The van der Waals surface area contributed by atoms with Gasteiger partial charge in [-0.25, -0.2) is 0 Å². The van der Waals surface area contributed by atoms with Crippen molar-refractivity contribution in [1.29, 1.82) is 0 Å². The number of nitro benzene ring substituents is 1. The van der Waals surface area contributed by atoms with Crippen molar-refractivity contribution in [3.05, 3.63) is 81.9 Å². The molecule has 23 heavy (non-hydrogen) atoms. The van der Waals surface area contributed by atoms with Crippen LogP contribution in [0.4, 0.5) is 5.69 Å². The van der Waals surface area contributed by atoms with E-state index in [0.29, 0.717) is 0 Å². The molecule has 5 heteroatoms. The maximum absolute atomic E-state index is 12.0. The molecule has 0 fully saturated rings. The first-order valence-electron chi connectivity index (χ1n) is 7.38. The predicted octanol–water partition coefficient (Wildman–Crippen LogP) is 3.88. The highest BCUT2D eigenvalue weighted by molar-refractivity contribution is 5.92. The topological polar surface area (TPSA) is 72.2 Å². The third-order valence-corrected chi connectivity index (χ3v) is 3.46. The van der Waals surface area contributed by atoms with Gasteiger partial charge < -0.3 is 5.32 Å². The Bertz CT molecular complexity index is 694. The highest BCUT2D eigenvalue weighted by Gasteiger charge is 2.10. The lowest BCUT2D eigenvalue weighted by atomic mass is 10.0. The molecule has 0 aliphatic rings. The number of rotatable bonds is 6. The molecule has 1 amide bonds. The molecule has 118 valence electrons. The Labute approximate surface area is 134 Å². The highest BCUT2D eigenvalue weighted by atomic mass is 16.6. The standard InChI is InChI=1S/C18H18N2O3/c1-2-17(15-6-4-3-5-7-15)19-18(21)13-10-14-8-11-16(12-9-14)20(22)23/h3-13,17H,2H2,1H3,(H,19,21)/b13-10+/t17-/m1/s1. The first kappa shape index (κ1) is 16.4. The molecule has 0 aliphatic heterocycles. The van der Waals surface area contributed by atoms with Gasteiger partial charge in [0.15, 0.2) is 0 Å². The van der Waals surface area contributed by atoms with Gasteiger partial charge >= 0.3 is 0 Å². The lowest BCUT2D eigenvalue weighted by molar-refractivity contribution is -0.384. The summed E-state index contributed by atoms with van der Waals surface area (Å²) in [6.07, 6.45) is 3.87. The van der Waals surface area contributed by atoms with Crippen LogP contribution in [0.5, 0.6) is 0 Å². The monoisotopic (exact) mass is 310 g/mol. The number of carbonyl (C=O) groups is 1. The van der Waals surface area contributed by atoms with Crippen LogP contribution < -0.4 is 5.32 Å². The number of amides is 1. The normalized spacial score (nSPS) is 12.0. The van der Waals surface area contributed by atoms with E-state index in [0.717, 1.165) is 17.5 Å². The molecule has 0 unspecified atom stereocenters. The lowest BCUT2D eigenvalue weighted by Gasteiger charge is -2.16. The first-order valence-corrected chi connectivity index (χ1v) is 7.38. The van der Waals surface area contributed by atoms with E-state index in [9.17, 15) is 14.9 Å². The van der Waals surface area contributed by atoms with Gasteiger partial charge in [0.05, 0.1) is 11.0 Å². The fraction of sp³-hybridized carbons (Fsp3) is 0.167. The number of nitrogens with zero attached hydrogens (tertiary/aromatic N) is 1. The highest BCUT2D eigenvalue weighted by Crippen LogP contribution is 2.16. The molecule has 5 nitrogen and oxygen atoms in total. The van der Waals surface area contributed by atoms with E-state index in [-0.39, 0.29) is 17.6 Å². The van der Waals surface area contributed by atoms with Crippen LogP contribution in [-0.4, -0.2) is 10.8 Å². The number of benzene rings is 2. The lowest BCUT2D eigenvalue weighted by Crippen LogP contribution is -2.26. The molecule has 0 bridgehead atoms. The Hall–Kier alpha value is -2.95. The van der Waals surface area contributed by atoms with Gasteiger partial charge in [-0.1, -0.05) is 37.3 Å². The van der Waals surface area contributed by atoms with Crippen LogP contribution >= 0.6 is 0 Å². The molecule has 0 heterocycles. The largest absolute Gasteiger partial charge is 0.346 e. The van der Waals surface area contributed by atoms with Crippen molar-refractivity contribution >= 4 is 17.7 Å². The van der Waals surface area contributed by atoms with E-state index in [1.165, 1.54) is 18.2 Å². The number of non-ortho nitro benzene ring substituents is 1. The van der Waals surface area contributed by atoms with Crippen LogP contribution in [0.25, 0.3) is 6.08 Å². The van der Waals surface area contributed by atoms with Gasteiger partial charge in [0, 0.05) is 18.2 Å².